The monoisotopic (exact) mass is 438 g/mol. The Morgan fingerprint density at radius 1 is 1.19 bits per heavy atom. The van der Waals surface area contributed by atoms with Crippen molar-refractivity contribution in [1.29, 1.82) is 0 Å². The molecule has 0 radical (unpaired) electrons. The van der Waals surface area contributed by atoms with Gasteiger partial charge in [0.05, 0.1) is 20.5 Å². The van der Waals surface area contributed by atoms with E-state index in [9.17, 15) is 4.79 Å². The SMILES string of the molecule is COc1ccc(N(CCc2ccnc(N)c2)C(=O)NCCCn2cncc2C)cc1OC. The zero-order valence-electron chi connectivity index (χ0n) is 18.7. The lowest BCUT2D eigenvalue weighted by molar-refractivity contribution is 0.246. The topological polar surface area (TPSA) is 108 Å². The number of nitrogens with two attached hydrogens (primary N) is 1. The van der Waals surface area contributed by atoms with E-state index < -0.39 is 0 Å². The zero-order chi connectivity index (χ0) is 22.9. The number of nitrogen functional groups attached to an aromatic ring is 1. The molecular weight excluding hydrogens is 408 g/mol. The molecule has 170 valence electrons. The maximum absolute atomic E-state index is 13.1. The van der Waals surface area contributed by atoms with Gasteiger partial charge in [-0.25, -0.2) is 14.8 Å². The van der Waals surface area contributed by atoms with Gasteiger partial charge in [0.2, 0.25) is 0 Å². The summed E-state index contributed by atoms with van der Waals surface area (Å²) in [5.74, 6) is 1.63. The van der Waals surface area contributed by atoms with Crippen LogP contribution in [-0.2, 0) is 13.0 Å². The molecule has 0 spiro atoms. The van der Waals surface area contributed by atoms with Gasteiger partial charge in [-0.3, -0.25) is 4.90 Å². The molecule has 9 nitrogen and oxygen atoms in total. The first-order valence-corrected chi connectivity index (χ1v) is 10.5. The molecule has 3 aromatic rings. The number of pyridine rings is 1. The molecule has 0 saturated carbocycles. The maximum Gasteiger partial charge on any atom is 0.321 e. The number of aromatic nitrogens is 3. The lowest BCUT2D eigenvalue weighted by Crippen LogP contribution is -2.41. The van der Waals surface area contributed by atoms with E-state index >= 15 is 0 Å². The Labute approximate surface area is 188 Å². The van der Waals surface area contributed by atoms with Crippen molar-refractivity contribution in [3.8, 4) is 11.5 Å². The van der Waals surface area contributed by atoms with Crippen LogP contribution in [0.1, 0.15) is 17.7 Å². The highest BCUT2D eigenvalue weighted by atomic mass is 16.5. The highest BCUT2D eigenvalue weighted by molar-refractivity contribution is 5.92. The number of ether oxygens (including phenoxy) is 2. The fourth-order valence-electron chi connectivity index (χ4n) is 3.39. The van der Waals surface area contributed by atoms with Crippen LogP contribution in [0.4, 0.5) is 16.3 Å². The number of carbonyl (C=O) groups is 1. The molecule has 0 aliphatic heterocycles. The number of hydrogen-bond acceptors (Lipinski definition) is 6. The normalized spacial score (nSPS) is 10.6. The molecule has 2 amide bonds. The number of urea groups is 1. The van der Waals surface area contributed by atoms with E-state index in [1.165, 1.54) is 0 Å². The molecule has 0 saturated heterocycles. The number of anilines is 2. The van der Waals surface area contributed by atoms with Gasteiger partial charge in [-0.2, -0.15) is 0 Å². The van der Waals surface area contributed by atoms with Crippen LogP contribution < -0.4 is 25.4 Å². The molecular formula is C23H30N6O3. The zero-order valence-corrected chi connectivity index (χ0v) is 18.7. The third-order valence-electron chi connectivity index (χ3n) is 5.17. The van der Waals surface area contributed by atoms with E-state index in [-0.39, 0.29) is 6.03 Å². The van der Waals surface area contributed by atoms with Crippen molar-refractivity contribution in [1.82, 2.24) is 19.9 Å². The summed E-state index contributed by atoms with van der Waals surface area (Å²) < 4.78 is 12.8. The van der Waals surface area contributed by atoms with Crippen LogP contribution in [0.5, 0.6) is 11.5 Å². The van der Waals surface area contributed by atoms with Crippen LogP contribution in [0.2, 0.25) is 0 Å². The first kappa shape index (κ1) is 22.9. The van der Waals surface area contributed by atoms with Gasteiger partial charge in [-0.05, 0) is 49.6 Å². The fourth-order valence-corrected chi connectivity index (χ4v) is 3.39. The third-order valence-corrected chi connectivity index (χ3v) is 5.17. The number of aryl methyl sites for hydroxylation is 2. The first-order chi connectivity index (χ1) is 15.5. The van der Waals surface area contributed by atoms with Crippen LogP contribution in [0.3, 0.4) is 0 Å². The van der Waals surface area contributed by atoms with Gasteiger partial charge < -0.3 is 25.1 Å². The highest BCUT2D eigenvalue weighted by Crippen LogP contribution is 2.31. The van der Waals surface area contributed by atoms with Gasteiger partial charge in [-0.15, -0.1) is 0 Å². The quantitative estimate of drug-likeness (QED) is 0.471. The molecule has 0 unspecified atom stereocenters. The molecule has 0 bridgehead atoms. The number of hydrogen-bond donors (Lipinski definition) is 2. The second-order valence-corrected chi connectivity index (χ2v) is 7.34. The number of imidazole rings is 1. The molecule has 2 aromatic heterocycles. The summed E-state index contributed by atoms with van der Waals surface area (Å²) in [7, 11) is 3.15. The summed E-state index contributed by atoms with van der Waals surface area (Å²) in [4.78, 5) is 22.9. The number of nitrogens with one attached hydrogen (secondary N) is 1. The summed E-state index contributed by atoms with van der Waals surface area (Å²) in [5.41, 5.74) is 8.62. The molecule has 0 aliphatic carbocycles. The van der Waals surface area contributed by atoms with Crippen LogP contribution in [0, 0.1) is 6.92 Å². The van der Waals surface area contributed by atoms with Gasteiger partial charge in [0.1, 0.15) is 5.82 Å². The van der Waals surface area contributed by atoms with E-state index in [1.807, 2.05) is 31.3 Å². The predicted molar refractivity (Wildman–Crippen MR) is 124 cm³/mol. The van der Waals surface area contributed by atoms with Crippen LogP contribution in [0.25, 0.3) is 0 Å². The Morgan fingerprint density at radius 3 is 2.69 bits per heavy atom. The molecule has 3 rings (SSSR count). The average molecular weight is 439 g/mol. The lowest BCUT2D eigenvalue weighted by Gasteiger charge is -2.24. The number of benzene rings is 1. The van der Waals surface area contributed by atoms with E-state index in [0.29, 0.717) is 42.5 Å². The summed E-state index contributed by atoms with van der Waals surface area (Å²) in [5, 5.41) is 3.02. The van der Waals surface area contributed by atoms with E-state index in [2.05, 4.69) is 19.9 Å². The fraction of sp³-hybridized carbons (Fsp3) is 0.348. The molecule has 2 heterocycles. The maximum atomic E-state index is 13.1. The van der Waals surface area contributed by atoms with E-state index in [0.717, 1.165) is 24.2 Å². The number of carbonyl (C=O) groups excluding carboxylic acids is 1. The molecule has 9 heteroatoms. The van der Waals surface area contributed by atoms with Crippen LogP contribution in [0.15, 0.2) is 49.1 Å². The van der Waals surface area contributed by atoms with Crippen molar-refractivity contribution < 1.29 is 14.3 Å². The molecule has 3 N–H and O–H groups in total. The Hall–Kier alpha value is -3.75. The minimum atomic E-state index is -0.179. The second-order valence-electron chi connectivity index (χ2n) is 7.34. The van der Waals surface area contributed by atoms with Gasteiger partial charge in [0.25, 0.3) is 0 Å². The van der Waals surface area contributed by atoms with Crippen LogP contribution >= 0.6 is 0 Å². The summed E-state index contributed by atoms with van der Waals surface area (Å²) >= 11 is 0. The largest absolute Gasteiger partial charge is 0.493 e. The predicted octanol–water partition coefficient (Wildman–Crippen LogP) is 3.03. The molecule has 1 aromatic carbocycles. The number of rotatable bonds is 10. The van der Waals surface area contributed by atoms with E-state index in [4.69, 9.17) is 15.2 Å². The van der Waals surface area contributed by atoms with Gasteiger partial charge in [0, 0.05) is 49.5 Å². The Morgan fingerprint density at radius 2 is 2.00 bits per heavy atom. The summed E-state index contributed by atoms with van der Waals surface area (Å²) in [6.07, 6.45) is 6.71. The molecule has 0 atom stereocenters. The van der Waals surface area contributed by atoms with Gasteiger partial charge in [0.15, 0.2) is 11.5 Å². The Balaban J connectivity index is 1.70. The number of amides is 2. The Bertz CT molecular complexity index is 1040. The number of nitrogens with zero attached hydrogens (tertiary/aromatic N) is 4. The summed E-state index contributed by atoms with van der Waals surface area (Å²) in [6, 6.07) is 8.97. The summed E-state index contributed by atoms with van der Waals surface area (Å²) in [6.45, 7) is 3.81. The molecule has 0 fully saturated rings. The minimum Gasteiger partial charge on any atom is -0.493 e. The minimum absolute atomic E-state index is 0.179. The highest BCUT2D eigenvalue weighted by Gasteiger charge is 2.18. The first-order valence-electron chi connectivity index (χ1n) is 10.5. The molecule has 32 heavy (non-hydrogen) atoms. The smallest absolute Gasteiger partial charge is 0.321 e. The lowest BCUT2D eigenvalue weighted by atomic mass is 10.1. The van der Waals surface area contributed by atoms with Gasteiger partial charge >= 0.3 is 6.03 Å². The molecule has 0 aliphatic rings. The standard InChI is InChI=1S/C23H30N6O3/c1-17-15-25-16-28(17)11-4-9-27-23(30)29(12-8-18-7-10-26-22(24)13-18)19-5-6-20(31-2)21(14-19)32-3/h5-7,10,13-16H,4,8-9,11-12H2,1-3H3,(H2,24,26)(H,27,30). The van der Waals surface area contributed by atoms with Crippen molar-refractivity contribution in [3.05, 3.63) is 60.3 Å². The number of methoxy groups -OCH3 is 2. The van der Waals surface area contributed by atoms with Crippen molar-refractivity contribution in [2.45, 2.75) is 26.3 Å². The van der Waals surface area contributed by atoms with Gasteiger partial charge in [-0.1, -0.05) is 0 Å². The Kier molecular flexibility index (Phi) is 7.91. The third kappa shape index (κ3) is 5.90. The van der Waals surface area contributed by atoms with Crippen molar-refractivity contribution >= 4 is 17.5 Å². The average Bonchev–Trinajstić information content (AvgIpc) is 3.21. The van der Waals surface area contributed by atoms with Crippen molar-refractivity contribution in [2.24, 2.45) is 0 Å². The van der Waals surface area contributed by atoms with E-state index in [1.54, 1.807) is 43.8 Å². The van der Waals surface area contributed by atoms with Crippen molar-refractivity contribution in [2.75, 3.05) is 37.9 Å². The van der Waals surface area contributed by atoms with Crippen LogP contribution in [-0.4, -0.2) is 47.9 Å². The van der Waals surface area contributed by atoms with Crippen molar-refractivity contribution in [3.63, 3.8) is 0 Å². The second kappa shape index (κ2) is 11.0.